The van der Waals surface area contributed by atoms with Crippen LogP contribution in [-0.2, 0) is 23.7 Å². The molecule has 10 aromatic rings. The Morgan fingerprint density at radius 3 is 1.30 bits per heavy atom. The summed E-state index contributed by atoms with van der Waals surface area (Å²) >= 11 is 0. The van der Waals surface area contributed by atoms with E-state index in [4.69, 9.17) is 0 Å². The highest BCUT2D eigenvalue weighted by atomic mass is 15.1. The van der Waals surface area contributed by atoms with Gasteiger partial charge in [-0.25, -0.2) is 0 Å². The van der Waals surface area contributed by atoms with Crippen LogP contribution in [0.4, 0.5) is 22.7 Å². The lowest BCUT2D eigenvalue weighted by Crippen LogP contribution is -2.24. The van der Waals surface area contributed by atoms with Crippen LogP contribution in [0.2, 0.25) is 0 Å². The van der Waals surface area contributed by atoms with Gasteiger partial charge >= 0.3 is 0 Å². The van der Waals surface area contributed by atoms with E-state index in [1.165, 1.54) is 133 Å². The Hall–Kier alpha value is -7.68. The Morgan fingerprint density at radius 1 is 0.329 bits per heavy atom. The molecular formula is C68H56N2. The fourth-order valence-corrected chi connectivity index (χ4v) is 13.3. The largest absolute Gasteiger partial charge is 0.341 e. The van der Waals surface area contributed by atoms with Gasteiger partial charge in [-0.05, 0) is 191 Å². The molecule has 2 aliphatic carbocycles. The van der Waals surface area contributed by atoms with Crippen LogP contribution in [0.1, 0.15) is 73.9 Å². The Morgan fingerprint density at radius 2 is 0.757 bits per heavy atom. The maximum atomic E-state index is 2.57. The van der Waals surface area contributed by atoms with Crippen molar-refractivity contribution in [3.63, 3.8) is 0 Å². The molecule has 0 spiro atoms. The number of fused-ring (bicyclic) bond motifs is 10. The van der Waals surface area contributed by atoms with Crippen LogP contribution in [0.3, 0.4) is 0 Å². The van der Waals surface area contributed by atoms with Gasteiger partial charge in [-0.2, -0.15) is 0 Å². The van der Waals surface area contributed by atoms with Crippen LogP contribution >= 0.6 is 0 Å². The van der Waals surface area contributed by atoms with E-state index in [1.807, 2.05) is 0 Å². The van der Waals surface area contributed by atoms with Gasteiger partial charge < -0.3 is 9.80 Å². The van der Waals surface area contributed by atoms with E-state index in [-0.39, 0.29) is 10.8 Å². The molecule has 2 heteroatoms. The first-order chi connectivity index (χ1) is 34.2. The lowest BCUT2D eigenvalue weighted by Gasteiger charge is -2.33. The zero-order valence-electron chi connectivity index (χ0n) is 40.6. The number of nitrogens with zero attached hydrogens (tertiary/aromatic N) is 2. The fourth-order valence-electron chi connectivity index (χ4n) is 13.3. The standard InChI is InChI=1S/C68H56N2/c1-67(2)59-23-11-10-22-51(59)52-32-27-47(39-61(52)67)65-55-34-29-50(70-37-15-21-45-19-9-13-25-64(45)70)42-58(55)66(56-35-30-49(41-57(56)65)69-36-14-20-44-18-8-12-24-63(44)69)48-28-33-54-53-31-26-46(43-16-6-5-7-17-43)38-60(53)68(3,4)62(54)40-48/h5-13,16-19,22-35,38-42H,14-15,20-21,36-37H2,1-4H3. The monoisotopic (exact) mass is 900 g/mol. The van der Waals surface area contributed by atoms with Crippen molar-refractivity contribution in [2.45, 2.75) is 64.2 Å². The van der Waals surface area contributed by atoms with Gasteiger partial charge in [-0.15, -0.1) is 0 Å². The smallest absolute Gasteiger partial charge is 0.0443 e. The maximum Gasteiger partial charge on any atom is 0.0443 e. The molecule has 0 atom stereocenters. The van der Waals surface area contributed by atoms with Crippen molar-refractivity contribution in [2.75, 3.05) is 22.9 Å². The number of anilines is 4. The van der Waals surface area contributed by atoms with Gasteiger partial charge in [0.2, 0.25) is 0 Å². The van der Waals surface area contributed by atoms with Gasteiger partial charge in [0.15, 0.2) is 0 Å². The van der Waals surface area contributed by atoms with Gasteiger partial charge in [0.1, 0.15) is 0 Å². The molecule has 0 bridgehead atoms. The number of benzene rings is 10. The lowest BCUT2D eigenvalue weighted by atomic mass is 9.79. The first-order valence-electron chi connectivity index (χ1n) is 25.6. The van der Waals surface area contributed by atoms with Crippen molar-refractivity contribution in [3.8, 4) is 55.6 Å². The molecule has 0 saturated carbocycles. The summed E-state index contributed by atoms with van der Waals surface area (Å²) in [5.74, 6) is 0. The minimum atomic E-state index is -0.191. The zero-order chi connectivity index (χ0) is 46.9. The maximum absolute atomic E-state index is 2.57. The summed E-state index contributed by atoms with van der Waals surface area (Å²) < 4.78 is 0. The Balaban J connectivity index is 1.04. The highest BCUT2D eigenvalue weighted by Crippen LogP contribution is 2.55. The summed E-state index contributed by atoms with van der Waals surface area (Å²) in [6.07, 6.45) is 4.49. The molecule has 0 amide bonds. The lowest BCUT2D eigenvalue weighted by molar-refractivity contribution is 0.660. The van der Waals surface area contributed by atoms with E-state index in [2.05, 4.69) is 232 Å². The second kappa shape index (κ2) is 15.4. The molecule has 0 unspecified atom stereocenters. The van der Waals surface area contributed by atoms with Gasteiger partial charge in [0.25, 0.3) is 0 Å². The first kappa shape index (κ1) is 41.3. The van der Waals surface area contributed by atoms with Crippen LogP contribution in [0.25, 0.3) is 77.2 Å². The summed E-state index contributed by atoms with van der Waals surface area (Å²) in [4.78, 5) is 5.15. The van der Waals surface area contributed by atoms with Gasteiger partial charge in [-0.3, -0.25) is 0 Å². The average Bonchev–Trinajstić information content (AvgIpc) is 3.78. The first-order valence-corrected chi connectivity index (χ1v) is 25.6. The van der Waals surface area contributed by atoms with E-state index in [1.54, 1.807) is 0 Å². The van der Waals surface area contributed by atoms with Crippen LogP contribution in [0, 0.1) is 0 Å². The van der Waals surface area contributed by atoms with Crippen molar-refractivity contribution in [3.05, 3.63) is 228 Å². The highest BCUT2D eigenvalue weighted by Gasteiger charge is 2.38. The number of hydrogen-bond acceptors (Lipinski definition) is 2. The summed E-state index contributed by atoms with van der Waals surface area (Å²) in [6.45, 7) is 11.7. The second-order valence-corrected chi connectivity index (χ2v) is 21.4. The Bertz CT molecular complexity index is 3800. The average molecular weight is 901 g/mol. The predicted octanol–water partition coefficient (Wildman–Crippen LogP) is 17.8. The highest BCUT2D eigenvalue weighted by molar-refractivity contribution is 6.23. The van der Waals surface area contributed by atoms with Crippen LogP contribution in [-0.4, -0.2) is 13.1 Å². The molecule has 0 radical (unpaired) electrons. The van der Waals surface area contributed by atoms with Crippen LogP contribution in [0.5, 0.6) is 0 Å². The number of para-hydroxylation sites is 2. The quantitative estimate of drug-likeness (QED) is 0.159. The molecule has 2 nitrogen and oxygen atoms in total. The second-order valence-electron chi connectivity index (χ2n) is 21.4. The molecule has 2 aliphatic heterocycles. The molecule has 70 heavy (non-hydrogen) atoms. The molecule has 0 saturated heterocycles. The van der Waals surface area contributed by atoms with E-state index in [0.717, 1.165) is 38.8 Å². The summed E-state index contributed by atoms with van der Waals surface area (Å²) in [6, 6.07) is 74.7. The minimum absolute atomic E-state index is 0.123. The third kappa shape index (κ3) is 6.11. The minimum Gasteiger partial charge on any atom is -0.341 e. The van der Waals surface area contributed by atoms with Crippen molar-refractivity contribution in [2.24, 2.45) is 0 Å². The molecule has 2 heterocycles. The fraction of sp³-hybridized carbons (Fsp3) is 0.176. The molecule has 10 aromatic carbocycles. The summed E-state index contributed by atoms with van der Waals surface area (Å²) in [7, 11) is 0. The molecule has 14 rings (SSSR count). The third-order valence-electron chi connectivity index (χ3n) is 16.9. The van der Waals surface area contributed by atoms with Crippen molar-refractivity contribution in [1.82, 2.24) is 0 Å². The molecule has 0 N–H and O–H groups in total. The summed E-state index contributed by atoms with van der Waals surface area (Å²) in [5.41, 5.74) is 26.4. The van der Waals surface area contributed by atoms with Gasteiger partial charge in [-0.1, -0.05) is 167 Å². The Labute approximate surface area is 412 Å². The van der Waals surface area contributed by atoms with Gasteiger partial charge in [0, 0.05) is 46.7 Å². The van der Waals surface area contributed by atoms with Crippen molar-refractivity contribution in [1.29, 1.82) is 0 Å². The molecule has 0 fully saturated rings. The topological polar surface area (TPSA) is 6.48 Å². The van der Waals surface area contributed by atoms with E-state index < -0.39 is 0 Å². The third-order valence-corrected chi connectivity index (χ3v) is 16.9. The molecule has 0 aromatic heterocycles. The predicted molar refractivity (Wildman–Crippen MR) is 296 cm³/mol. The van der Waals surface area contributed by atoms with Crippen molar-refractivity contribution < 1.29 is 0 Å². The number of aryl methyl sites for hydroxylation is 2. The van der Waals surface area contributed by atoms with E-state index in [0.29, 0.717) is 0 Å². The zero-order valence-corrected chi connectivity index (χ0v) is 40.6. The normalized spacial score (nSPS) is 15.8. The number of hydrogen-bond donors (Lipinski definition) is 0. The van der Waals surface area contributed by atoms with Crippen molar-refractivity contribution >= 4 is 44.3 Å². The molecule has 4 aliphatic rings. The van der Waals surface area contributed by atoms with Crippen LogP contribution < -0.4 is 9.80 Å². The summed E-state index contributed by atoms with van der Waals surface area (Å²) in [5, 5.41) is 5.16. The SMILES string of the molecule is CC1(C)c2ccccc2-c2ccc(-c3c4ccc(N5CCCc6ccccc65)cc4c(-c4ccc5c(c4)C(C)(C)c4cc(-c6ccccc6)ccc4-5)c4ccc(N5CCCc6ccccc65)cc34)cc21. The van der Waals surface area contributed by atoms with E-state index >= 15 is 0 Å². The van der Waals surface area contributed by atoms with Crippen LogP contribution in [0.15, 0.2) is 194 Å². The van der Waals surface area contributed by atoms with Gasteiger partial charge in [0.05, 0.1) is 0 Å². The number of rotatable bonds is 5. The molecule has 338 valence electrons. The molecular weight excluding hydrogens is 845 g/mol. The Kier molecular flexibility index (Phi) is 9.09. The van der Waals surface area contributed by atoms with E-state index in [9.17, 15) is 0 Å².